The molecule has 2 rings (SSSR count). The van der Waals surface area contributed by atoms with Gasteiger partial charge in [0.05, 0.1) is 11.5 Å². The van der Waals surface area contributed by atoms with Crippen molar-refractivity contribution in [1.29, 1.82) is 0 Å². The minimum absolute atomic E-state index is 0.0446. The van der Waals surface area contributed by atoms with E-state index in [9.17, 15) is 18.4 Å². The average Bonchev–Trinajstić information content (AvgIpc) is 2.47. The molecule has 0 unspecified atom stereocenters. The van der Waals surface area contributed by atoms with Crippen molar-refractivity contribution in [1.82, 2.24) is 5.32 Å². The second kappa shape index (κ2) is 7.20. The lowest BCUT2D eigenvalue weighted by atomic mass is 9.86. The summed E-state index contributed by atoms with van der Waals surface area (Å²) in [6, 6.07) is 5.64. The Balaban J connectivity index is 1.97. The van der Waals surface area contributed by atoms with Crippen LogP contribution < -0.4 is 10.1 Å². The first-order chi connectivity index (χ1) is 10.5. The molecule has 5 nitrogen and oxygen atoms in total. The molecule has 1 aliphatic carbocycles. The van der Waals surface area contributed by atoms with Gasteiger partial charge in [-0.2, -0.15) is 8.78 Å². The number of alkyl halides is 2. The molecule has 1 aliphatic rings. The molecule has 2 N–H and O–H groups in total. The quantitative estimate of drug-likeness (QED) is 0.876. The van der Waals surface area contributed by atoms with Gasteiger partial charge in [0.1, 0.15) is 5.75 Å². The predicted octanol–water partition coefficient (Wildman–Crippen LogP) is 2.66. The molecular weight excluding hydrogens is 296 g/mol. The van der Waals surface area contributed by atoms with Crippen LogP contribution in [-0.4, -0.2) is 29.6 Å². The number of rotatable bonds is 5. The molecule has 1 aromatic carbocycles. The largest absolute Gasteiger partial charge is 0.481 e. The van der Waals surface area contributed by atoms with Gasteiger partial charge in [-0.25, -0.2) is 0 Å². The van der Waals surface area contributed by atoms with E-state index in [1.807, 2.05) is 0 Å². The van der Waals surface area contributed by atoms with E-state index in [0.717, 1.165) is 0 Å². The molecule has 7 heteroatoms. The van der Waals surface area contributed by atoms with E-state index in [1.54, 1.807) is 6.07 Å². The Morgan fingerprint density at radius 3 is 2.41 bits per heavy atom. The Hall–Kier alpha value is -2.18. The van der Waals surface area contributed by atoms with Gasteiger partial charge in [-0.3, -0.25) is 9.59 Å². The van der Waals surface area contributed by atoms with Crippen LogP contribution in [0.15, 0.2) is 24.3 Å². The third-order valence-electron chi connectivity index (χ3n) is 3.76. The molecule has 1 saturated carbocycles. The number of hydrogen-bond acceptors (Lipinski definition) is 3. The van der Waals surface area contributed by atoms with E-state index in [0.29, 0.717) is 25.7 Å². The van der Waals surface area contributed by atoms with Crippen molar-refractivity contribution in [2.75, 3.05) is 0 Å². The Morgan fingerprint density at radius 1 is 1.18 bits per heavy atom. The third-order valence-corrected chi connectivity index (χ3v) is 3.76. The number of carboxylic acid groups (broad SMARTS) is 1. The summed E-state index contributed by atoms with van der Waals surface area (Å²) < 4.78 is 29.0. The van der Waals surface area contributed by atoms with Gasteiger partial charge in [0, 0.05) is 6.04 Å². The van der Waals surface area contributed by atoms with Crippen LogP contribution in [0.5, 0.6) is 5.75 Å². The van der Waals surface area contributed by atoms with Gasteiger partial charge in [-0.05, 0) is 37.8 Å². The zero-order valence-electron chi connectivity index (χ0n) is 11.8. The average molecular weight is 313 g/mol. The van der Waals surface area contributed by atoms with Gasteiger partial charge < -0.3 is 15.2 Å². The van der Waals surface area contributed by atoms with E-state index in [2.05, 4.69) is 10.1 Å². The lowest BCUT2D eigenvalue weighted by Gasteiger charge is -2.27. The SMILES string of the molecule is O=C(NC1CCC(C(=O)O)CC1)c1ccccc1OC(F)F. The van der Waals surface area contributed by atoms with Crippen LogP contribution >= 0.6 is 0 Å². The molecule has 1 fully saturated rings. The van der Waals surface area contributed by atoms with Crippen LogP contribution in [0.4, 0.5) is 8.78 Å². The summed E-state index contributed by atoms with van der Waals surface area (Å²) >= 11 is 0. The Bertz CT molecular complexity index is 542. The van der Waals surface area contributed by atoms with E-state index in [4.69, 9.17) is 5.11 Å². The molecule has 1 amide bonds. The minimum Gasteiger partial charge on any atom is -0.481 e. The molecule has 1 aromatic rings. The highest BCUT2D eigenvalue weighted by Gasteiger charge is 2.27. The first kappa shape index (κ1) is 16.2. The lowest BCUT2D eigenvalue weighted by Crippen LogP contribution is -2.38. The molecule has 0 radical (unpaired) electrons. The maximum Gasteiger partial charge on any atom is 0.387 e. The number of aliphatic carboxylic acids is 1. The number of hydrogen-bond donors (Lipinski definition) is 2. The molecule has 0 aliphatic heterocycles. The van der Waals surface area contributed by atoms with Crippen LogP contribution in [0.2, 0.25) is 0 Å². The summed E-state index contributed by atoms with van der Waals surface area (Å²) in [4.78, 5) is 23.1. The molecule has 22 heavy (non-hydrogen) atoms. The second-order valence-electron chi connectivity index (χ2n) is 5.23. The van der Waals surface area contributed by atoms with E-state index in [1.165, 1.54) is 18.2 Å². The fraction of sp³-hybridized carbons (Fsp3) is 0.467. The highest BCUT2D eigenvalue weighted by Crippen LogP contribution is 2.26. The summed E-state index contributed by atoms with van der Waals surface area (Å²) in [5.74, 6) is -1.85. The van der Waals surface area contributed by atoms with Crippen molar-refractivity contribution >= 4 is 11.9 Å². The summed E-state index contributed by atoms with van der Waals surface area (Å²) in [7, 11) is 0. The maximum absolute atomic E-state index is 12.3. The summed E-state index contributed by atoms with van der Waals surface area (Å²) in [5.41, 5.74) is 0.0446. The van der Waals surface area contributed by atoms with Crippen LogP contribution in [0, 0.1) is 5.92 Å². The van der Waals surface area contributed by atoms with Gasteiger partial charge in [-0.15, -0.1) is 0 Å². The minimum atomic E-state index is -3.00. The van der Waals surface area contributed by atoms with Gasteiger partial charge in [0.15, 0.2) is 0 Å². The number of nitrogens with one attached hydrogen (secondary N) is 1. The van der Waals surface area contributed by atoms with Crippen molar-refractivity contribution in [2.45, 2.75) is 38.3 Å². The molecular formula is C15H17F2NO4. The standard InChI is InChI=1S/C15H17F2NO4/c16-15(17)22-12-4-2-1-3-11(12)13(19)18-10-7-5-9(6-8-10)14(20)21/h1-4,9-10,15H,5-8H2,(H,18,19)(H,20,21). The fourth-order valence-electron chi connectivity index (χ4n) is 2.60. The maximum atomic E-state index is 12.3. The second-order valence-corrected chi connectivity index (χ2v) is 5.23. The van der Waals surface area contributed by atoms with E-state index in [-0.39, 0.29) is 23.3 Å². The normalized spacial score (nSPS) is 21.4. The van der Waals surface area contributed by atoms with Crippen molar-refractivity contribution in [2.24, 2.45) is 5.92 Å². The van der Waals surface area contributed by atoms with Crippen LogP contribution in [-0.2, 0) is 4.79 Å². The fourth-order valence-corrected chi connectivity index (χ4v) is 2.60. The number of halogens is 2. The van der Waals surface area contributed by atoms with E-state index >= 15 is 0 Å². The third kappa shape index (κ3) is 4.16. The van der Waals surface area contributed by atoms with Gasteiger partial charge in [0.2, 0.25) is 0 Å². The summed E-state index contributed by atoms with van der Waals surface area (Å²) in [6.45, 7) is -3.00. The van der Waals surface area contributed by atoms with E-state index < -0.39 is 18.5 Å². The van der Waals surface area contributed by atoms with Gasteiger partial charge in [0.25, 0.3) is 5.91 Å². The topological polar surface area (TPSA) is 75.6 Å². The number of ether oxygens (including phenoxy) is 1. The number of amides is 1. The first-order valence-corrected chi connectivity index (χ1v) is 7.05. The molecule has 0 spiro atoms. The van der Waals surface area contributed by atoms with Crippen molar-refractivity contribution in [3.8, 4) is 5.75 Å². The highest BCUT2D eigenvalue weighted by molar-refractivity contribution is 5.97. The Morgan fingerprint density at radius 2 is 1.82 bits per heavy atom. The van der Waals surface area contributed by atoms with Crippen molar-refractivity contribution < 1.29 is 28.2 Å². The molecule has 120 valence electrons. The molecule has 0 bridgehead atoms. The molecule has 0 heterocycles. The zero-order valence-corrected chi connectivity index (χ0v) is 11.8. The Labute approximate surface area is 126 Å². The molecule has 0 atom stereocenters. The van der Waals surface area contributed by atoms with Gasteiger partial charge in [-0.1, -0.05) is 12.1 Å². The number of carbonyl (C=O) groups excluding carboxylic acids is 1. The molecule has 0 aromatic heterocycles. The number of para-hydroxylation sites is 1. The first-order valence-electron chi connectivity index (χ1n) is 7.05. The van der Waals surface area contributed by atoms with Crippen molar-refractivity contribution in [3.63, 3.8) is 0 Å². The smallest absolute Gasteiger partial charge is 0.387 e. The monoisotopic (exact) mass is 313 g/mol. The lowest BCUT2D eigenvalue weighted by molar-refractivity contribution is -0.142. The predicted molar refractivity (Wildman–Crippen MR) is 73.9 cm³/mol. The number of carboxylic acids is 1. The highest BCUT2D eigenvalue weighted by atomic mass is 19.3. The summed E-state index contributed by atoms with van der Waals surface area (Å²) in [6.07, 6.45) is 2.10. The number of carbonyl (C=O) groups is 2. The summed E-state index contributed by atoms with van der Waals surface area (Å²) in [5, 5.41) is 11.7. The number of benzene rings is 1. The van der Waals surface area contributed by atoms with Crippen LogP contribution in [0.1, 0.15) is 36.0 Å². The zero-order chi connectivity index (χ0) is 16.1. The van der Waals surface area contributed by atoms with Gasteiger partial charge >= 0.3 is 12.6 Å². The van der Waals surface area contributed by atoms with Crippen LogP contribution in [0.25, 0.3) is 0 Å². The van der Waals surface area contributed by atoms with Crippen LogP contribution in [0.3, 0.4) is 0 Å². The Kier molecular flexibility index (Phi) is 5.30. The van der Waals surface area contributed by atoms with Crippen molar-refractivity contribution in [3.05, 3.63) is 29.8 Å². The molecule has 0 saturated heterocycles.